The molecular formula is C10H18N2O5. The SMILES string of the molecule is CCCC(CC(=O)O)NC(=O)NCC(=O)OC. The summed E-state index contributed by atoms with van der Waals surface area (Å²) in [6.07, 6.45) is 1.19. The second-order valence-electron chi connectivity index (χ2n) is 3.49. The Morgan fingerprint density at radius 3 is 2.47 bits per heavy atom. The van der Waals surface area contributed by atoms with Crippen LogP contribution < -0.4 is 10.6 Å². The number of hydrogen-bond donors (Lipinski definition) is 3. The average Bonchev–Trinajstić information content (AvgIpc) is 2.25. The van der Waals surface area contributed by atoms with Gasteiger partial charge >= 0.3 is 18.0 Å². The molecule has 2 amide bonds. The average molecular weight is 246 g/mol. The van der Waals surface area contributed by atoms with Crippen molar-refractivity contribution in [2.24, 2.45) is 0 Å². The number of esters is 1. The number of ether oxygens (including phenoxy) is 1. The van der Waals surface area contributed by atoms with Gasteiger partial charge in [0.05, 0.1) is 13.5 Å². The Morgan fingerprint density at radius 1 is 1.35 bits per heavy atom. The zero-order chi connectivity index (χ0) is 13.3. The number of carboxylic acid groups (broad SMARTS) is 1. The molecule has 0 saturated carbocycles. The fourth-order valence-corrected chi connectivity index (χ4v) is 1.25. The second kappa shape index (κ2) is 8.37. The van der Waals surface area contributed by atoms with Gasteiger partial charge in [0.1, 0.15) is 6.54 Å². The van der Waals surface area contributed by atoms with E-state index in [2.05, 4.69) is 15.4 Å². The number of hydrogen-bond acceptors (Lipinski definition) is 4. The minimum atomic E-state index is -0.975. The number of nitrogens with one attached hydrogen (secondary N) is 2. The number of carbonyl (C=O) groups is 3. The molecule has 7 heteroatoms. The van der Waals surface area contributed by atoms with Crippen molar-refractivity contribution in [3.63, 3.8) is 0 Å². The number of urea groups is 1. The Labute approximate surface area is 99.5 Å². The van der Waals surface area contributed by atoms with Gasteiger partial charge in [-0.15, -0.1) is 0 Å². The molecule has 0 radical (unpaired) electrons. The zero-order valence-electron chi connectivity index (χ0n) is 9.99. The Bertz CT molecular complexity index is 280. The van der Waals surface area contributed by atoms with Crippen molar-refractivity contribution in [2.45, 2.75) is 32.2 Å². The third kappa shape index (κ3) is 8.06. The minimum absolute atomic E-state index is 0.139. The lowest BCUT2D eigenvalue weighted by Gasteiger charge is -2.16. The highest BCUT2D eigenvalue weighted by Crippen LogP contribution is 2.01. The van der Waals surface area contributed by atoms with Crippen molar-refractivity contribution in [2.75, 3.05) is 13.7 Å². The van der Waals surface area contributed by atoms with Gasteiger partial charge in [0.25, 0.3) is 0 Å². The van der Waals surface area contributed by atoms with Gasteiger partial charge < -0.3 is 20.5 Å². The molecule has 0 aromatic heterocycles. The van der Waals surface area contributed by atoms with Crippen LogP contribution in [0.5, 0.6) is 0 Å². The molecule has 0 aromatic rings. The number of carboxylic acids is 1. The summed E-state index contributed by atoms with van der Waals surface area (Å²) in [7, 11) is 1.21. The highest BCUT2D eigenvalue weighted by Gasteiger charge is 2.15. The van der Waals surface area contributed by atoms with Gasteiger partial charge in [0, 0.05) is 6.04 Å². The van der Waals surface area contributed by atoms with E-state index < -0.39 is 24.0 Å². The topological polar surface area (TPSA) is 105 Å². The summed E-state index contributed by atoms with van der Waals surface area (Å²) in [4.78, 5) is 32.6. The maximum absolute atomic E-state index is 11.3. The number of methoxy groups -OCH3 is 1. The van der Waals surface area contributed by atoms with Crippen LogP contribution in [-0.4, -0.2) is 42.8 Å². The van der Waals surface area contributed by atoms with E-state index >= 15 is 0 Å². The molecule has 0 saturated heterocycles. The quantitative estimate of drug-likeness (QED) is 0.553. The monoisotopic (exact) mass is 246 g/mol. The van der Waals surface area contributed by atoms with E-state index in [1.807, 2.05) is 6.92 Å². The summed E-state index contributed by atoms with van der Waals surface area (Å²) in [6.45, 7) is 1.65. The molecule has 98 valence electrons. The van der Waals surface area contributed by atoms with Crippen LogP contribution in [0.2, 0.25) is 0 Å². The highest BCUT2D eigenvalue weighted by molar-refractivity contribution is 5.81. The molecule has 0 spiro atoms. The normalized spacial score (nSPS) is 11.4. The van der Waals surface area contributed by atoms with E-state index in [9.17, 15) is 14.4 Å². The van der Waals surface area contributed by atoms with Crippen molar-refractivity contribution in [1.82, 2.24) is 10.6 Å². The van der Waals surface area contributed by atoms with Gasteiger partial charge in [-0.25, -0.2) is 4.79 Å². The van der Waals surface area contributed by atoms with Gasteiger partial charge in [-0.3, -0.25) is 9.59 Å². The van der Waals surface area contributed by atoms with Crippen LogP contribution in [0.3, 0.4) is 0 Å². The summed E-state index contributed by atoms with van der Waals surface area (Å²) in [5.74, 6) is -1.54. The van der Waals surface area contributed by atoms with Gasteiger partial charge in [-0.1, -0.05) is 13.3 Å². The van der Waals surface area contributed by atoms with Crippen molar-refractivity contribution in [3.05, 3.63) is 0 Å². The summed E-state index contributed by atoms with van der Waals surface area (Å²) in [5.41, 5.74) is 0. The molecule has 0 rings (SSSR count). The number of amides is 2. The number of carbonyl (C=O) groups excluding carboxylic acids is 2. The van der Waals surface area contributed by atoms with Crippen LogP contribution in [0, 0.1) is 0 Å². The lowest BCUT2D eigenvalue weighted by Crippen LogP contribution is -2.44. The van der Waals surface area contributed by atoms with Gasteiger partial charge in [0.15, 0.2) is 0 Å². The first-order valence-electron chi connectivity index (χ1n) is 5.32. The third-order valence-electron chi connectivity index (χ3n) is 2.01. The van der Waals surface area contributed by atoms with Crippen LogP contribution >= 0.6 is 0 Å². The molecular weight excluding hydrogens is 228 g/mol. The highest BCUT2D eigenvalue weighted by atomic mass is 16.5. The molecule has 1 unspecified atom stereocenters. The Hall–Kier alpha value is -1.79. The lowest BCUT2D eigenvalue weighted by molar-refractivity contribution is -0.139. The summed E-state index contributed by atoms with van der Waals surface area (Å²) < 4.78 is 4.34. The molecule has 0 aliphatic heterocycles. The Balaban J connectivity index is 4.02. The van der Waals surface area contributed by atoms with Crippen LogP contribution in [0.25, 0.3) is 0 Å². The van der Waals surface area contributed by atoms with Gasteiger partial charge in [-0.2, -0.15) is 0 Å². The maximum Gasteiger partial charge on any atom is 0.325 e. The summed E-state index contributed by atoms with van der Waals surface area (Å²) >= 11 is 0. The van der Waals surface area contributed by atoms with E-state index in [0.717, 1.165) is 6.42 Å². The first kappa shape index (κ1) is 15.2. The molecule has 0 aliphatic carbocycles. The summed E-state index contributed by atoms with van der Waals surface area (Å²) in [6, 6.07) is -1.01. The van der Waals surface area contributed by atoms with Gasteiger partial charge in [0.2, 0.25) is 0 Å². The van der Waals surface area contributed by atoms with Crippen LogP contribution in [0.15, 0.2) is 0 Å². The van der Waals surface area contributed by atoms with E-state index in [4.69, 9.17) is 5.11 Å². The zero-order valence-corrected chi connectivity index (χ0v) is 9.99. The lowest BCUT2D eigenvalue weighted by atomic mass is 10.1. The fraction of sp³-hybridized carbons (Fsp3) is 0.700. The van der Waals surface area contributed by atoms with Crippen molar-refractivity contribution >= 4 is 18.0 Å². The van der Waals surface area contributed by atoms with Crippen molar-refractivity contribution in [1.29, 1.82) is 0 Å². The van der Waals surface area contributed by atoms with Crippen molar-refractivity contribution in [3.8, 4) is 0 Å². The first-order chi connectivity index (χ1) is 7.99. The Morgan fingerprint density at radius 2 is 2.00 bits per heavy atom. The summed E-state index contributed by atoms with van der Waals surface area (Å²) in [5, 5.41) is 13.4. The van der Waals surface area contributed by atoms with Gasteiger partial charge in [-0.05, 0) is 6.42 Å². The predicted molar refractivity (Wildman–Crippen MR) is 59.5 cm³/mol. The second-order valence-corrected chi connectivity index (χ2v) is 3.49. The molecule has 0 aromatic carbocycles. The molecule has 0 fully saturated rings. The molecule has 3 N–H and O–H groups in total. The third-order valence-corrected chi connectivity index (χ3v) is 2.01. The van der Waals surface area contributed by atoms with E-state index in [0.29, 0.717) is 6.42 Å². The first-order valence-corrected chi connectivity index (χ1v) is 5.32. The van der Waals surface area contributed by atoms with E-state index in [1.165, 1.54) is 7.11 Å². The molecule has 0 bridgehead atoms. The molecule has 0 aliphatic rings. The number of rotatable bonds is 7. The van der Waals surface area contributed by atoms with Crippen LogP contribution in [0.1, 0.15) is 26.2 Å². The van der Waals surface area contributed by atoms with E-state index in [-0.39, 0.29) is 13.0 Å². The molecule has 7 nitrogen and oxygen atoms in total. The largest absolute Gasteiger partial charge is 0.481 e. The fourth-order valence-electron chi connectivity index (χ4n) is 1.25. The standard InChI is InChI=1S/C10H18N2O5/c1-3-4-7(5-8(13)14)12-10(16)11-6-9(15)17-2/h7H,3-6H2,1-2H3,(H,13,14)(H2,11,12,16). The molecule has 0 heterocycles. The minimum Gasteiger partial charge on any atom is -0.481 e. The van der Waals surface area contributed by atoms with Crippen molar-refractivity contribution < 1.29 is 24.2 Å². The predicted octanol–water partition coefficient (Wildman–Crippen LogP) is 0.102. The Kier molecular flexibility index (Phi) is 7.49. The number of aliphatic carboxylic acids is 1. The van der Waals surface area contributed by atoms with E-state index in [1.54, 1.807) is 0 Å². The smallest absolute Gasteiger partial charge is 0.325 e. The van der Waals surface area contributed by atoms with Crippen LogP contribution in [-0.2, 0) is 14.3 Å². The molecule has 17 heavy (non-hydrogen) atoms. The molecule has 1 atom stereocenters. The van der Waals surface area contributed by atoms with Crippen LogP contribution in [0.4, 0.5) is 4.79 Å². The maximum atomic E-state index is 11.3.